The van der Waals surface area contributed by atoms with Gasteiger partial charge in [0.15, 0.2) is 5.16 Å². The van der Waals surface area contributed by atoms with Gasteiger partial charge in [-0.2, -0.15) is 0 Å². The van der Waals surface area contributed by atoms with E-state index in [0.717, 1.165) is 52.9 Å². The minimum atomic E-state index is 0.0563. The van der Waals surface area contributed by atoms with Gasteiger partial charge in [-0.05, 0) is 23.3 Å². The molecule has 174 valence electrons. The molecule has 1 atom stereocenters. The highest BCUT2D eigenvalue weighted by atomic mass is 32.2. The number of hydrogen-bond acceptors (Lipinski definition) is 4. The first-order valence-electron chi connectivity index (χ1n) is 11.9. The van der Waals surface area contributed by atoms with E-state index in [9.17, 15) is 4.79 Å². The lowest BCUT2D eigenvalue weighted by Gasteiger charge is -2.24. The van der Waals surface area contributed by atoms with E-state index in [4.69, 9.17) is 4.98 Å². The Bertz CT molecular complexity index is 1510. The van der Waals surface area contributed by atoms with Crippen molar-refractivity contribution in [3.63, 3.8) is 0 Å². The van der Waals surface area contributed by atoms with Crippen LogP contribution in [0.15, 0.2) is 101 Å². The van der Waals surface area contributed by atoms with Crippen LogP contribution in [0.4, 0.5) is 0 Å². The smallest absolute Gasteiger partial charge is 0.267 e. The van der Waals surface area contributed by atoms with Crippen molar-refractivity contribution in [2.24, 2.45) is 0 Å². The predicted molar refractivity (Wildman–Crippen MR) is 145 cm³/mol. The molecule has 1 aliphatic rings. The Morgan fingerprint density at radius 3 is 2.26 bits per heavy atom. The maximum Gasteiger partial charge on any atom is 0.267 e. The fourth-order valence-electron chi connectivity index (χ4n) is 4.82. The van der Waals surface area contributed by atoms with Gasteiger partial charge in [0.1, 0.15) is 17.9 Å². The summed E-state index contributed by atoms with van der Waals surface area (Å²) >= 11 is 3.33. The van der Waals surface area contributed by atoms with Crippen molar-refractivity contribution in [2.45, 2.75) is 30.4 Å². The lowest BCUT2D eigenvalue weighted by Crippen LogP contribution is -3.10. The molecule has 1 N–H and O–H groups in total. The Morgan fingerprint density at radius 2 is 1.54 bits per heavy atom. The van der Waals surface area contributed by atoms with E-state index >= 15 is 0 Å². The third-order valence-corrected chi connectivity index (χ3v) is 8.67. The summed E-state index contributed by atoms with van der Waals surface area (Å²) < 4.78 is 1.81. The molecule has 0 aliphatic carbocycles. The molecule has 0 fully saturated rings. The van der Waals surface area contributed by atoms with Crippen LogP contribution in [-0.2, 0) is 25.3 Å². The monoisotopic (exact) mass is 496 g/mol. The van der Waals surface area contributed by atoms with Gasteiger partial charge in [0.25, 0.3) is 5.56 Å². The number of hydrogen-bond donors (Lipinski definition) is 1. The summed E-state index contributed by atoms with van der Waals surface area (Å²) in [5, 5.41) is 1.57. The van der Waals surface area contributed by atoms with E-state index in [-0.39, 0.29) is 5.56 Å². The predicted octanol–water partition coefficient (Wildman–Crippen LogP) is 4.88. The van der Waals surface area contributed by atoms with Crippen molar-refractivity contribution in [2.75, 3.05) is 6.54 Å². The lowest BCUT2D eigenvalue weighted by molar-refractivity contribution is -0.929. The number of thiophene rings is 1. The number of nitrogens with one attached hydrogen (secondary N) is 1. The molecule has 0 bridgehead atoms. The molecule has 2 aromatic heterocycles. The molecular formula is C29H26N3OS2+. The van der Waals surface area contributed by atoms with Gasteiger partial charge in [-0.1, -0.05) is 90.6 Å². The van der Waals surface area contributed by atoms with Crippen LogP contribution in [0.2, 0.25) is 0 Å². The summed E-state index contributed by atoms with van der Waals surface area (Å²) in [6.45, 7) is 2.99. The van der Waals surface area contributed by atoms with Crippen LogP contribution < -0.4 is 10.5 Å². The molecule has 4 nitrogen and oxygen atoms in total. The van der Waals surface area contributed by atoms with E-state index < -0.39 is 0 Å². The highest BCUT2D eigenvalue weighted by molar-refractivity contribution is 7.98. The number of thioether (sulfide) groups is 1. The van der Waals surface area contributed by atoms with Crippen LogP contribution in [0.3, 0.4) is 0 Å². The third kappa shape index (κ3) is 4.57. The maximum atomic E-state index is 14.0. The Kier molecular flexibility index (Phi) is 6.25. The van der Waals surface area contributed by atoms with Crippen LogP contribution in [0.25, 0.3) is 15.9 Å². The number of para-hydroxylation sites is 1. The zero-order chi connectivity index (χ0) is 23.6. The van der Waals surface area contributed by atoms with Crippen molar-refractivity contribution in [1.29, 1.82) is 0 Å². The highest BCUT2D eigenvalue weighted by Gasteiger charge is 2.27. The van der Waals surface area contributed by atoms with Crippen LogP contribution in [0.5, 0.6) is 0 Å². The molecule has 0 saturated heterocycles. The Morgan fingerprint density at radius 1 is 0.886 bits per heavy atom. The molecule has 0 saturated carbocycles. The molecule has 0 spiro atoms. The van der Waals surface area contributed by atoms with Gasteiger partial charge in [0.05, 0.1) is 22.5 Å². The normalized spacial score (nSPS) is 15.3. The van der Waals surface area contributed by atoms with Crippen molar-refractivity contribution in [3.8, 4) is 5.69 Å². The van der Waals surface area contributed by atoms with Crippen LogP contribution in [-0.4, -0.2) is 16.1 Å². The van der Waals surface area contributed by atoms with Crippen LogP contribution >= 0.6 is 23.1 Å². The molecule has 6 rings (SSSR count). The fourth-order valence-corrected chi connectivity index (χ4v) is 7.12. The van der Waals surface area contributed by atoms with Gasteiger partial charge in [0, 0.05) is 17.7 Å². The van der Waals surface area contributed by atoms with Crippen LogP contribution in [0, 0.1) is 0 Å². The Hall–Kier alpha value is -3.19. The van der Waals surface area contributed by atoms with Gasteiger partial charge in [-0.25, -0.2) is 4.98 Å². The van der Waals surface area contributed by atoms with Crippen LogP contribution in [0.1, 0.15) is 21.6 Å². The number of aromatic nitrogens is 2. The number of quaternary nitrogens is 1. The molecule has 3 heterocycles. The van der Waals surface area contributed by atoms with Crippen molar-refractivity contribution in [3.05, 3.63) is 123 Å². The second-order valence-corrected chi connectivity index (χ2v) is 10.9. The average molecular weight is 497 g/mol. The quantitative estimate of drug-likeness (QED) is 0.269. The first-order chi connectivity index (χ1) is 17.3. The highest BCUT2D eigenvalue weighted by Crippen LogP contribution is 2.32. The van der Waals surface area contributed by atoms with Gasteiger partial charge in [-0.15, -0.1) is 11.3 Å². The number of rotatable bonds is 6. The van der Waals surface area contributed by atoms with E-state index in [1.165, 1.54) is 26.5 Å². The van der Waals surface area contributed by atoms with Gasteiger partial charge in [-0.3, -0.25) is 9.36 Å². The summed E-state index contributed by atoms with van der Waals surface area (Å²) in [4.78, 5) is 22.8. The molecule has 0 radical (unpaired) electrons. The number of fused-ring (bicyclic) bond motifs is 3. The molecule has 3 aromatic carbocycles. The van der Waals surface area contributed by atoms with E-state index in [0.29, 0.717) is 0 Å². The Labute approximate surface area is 212 Å². The number of nitrogens with zero attached hydrogens (tertiary/aromatic N) is 2. The first kappa shape index (κ1) is 22.3. The topological polar surface area (TPSA) is 39.3 Å². The summed E-state index contributed by atoms with van der Waals surface area (Å²) in [6.07, 6.45) is 0.916. The molecular weight excluding hydrogens is 470 g/mol. The van der Waals surface area contributed by atoms with Crippen molar-refractivity contribution in [1.82, 2.24) is 9.55 Å². The Balaban J connectivity index is 1.39. The molecule has 35 heavy (non-hydrogen) atoms. The third-order valence-electron chi connectivity index (χ3n) is 6.54. The van der Waals surface area contributed by atoms with E-state index in [1.807, 2.05) is 53.1 Å². The lowest BCUT2D eigenvalue weighted by atomic mass is 10.0. The SMILES string of the molecule is O=c1c2c3c(sc2nc(SCc2ccccc2)n1-c1ccccc1)C[NH+](Cc1ccccc1)CC3. The minimum Gasteiger partial charge on any atom is -0.326 e. The summed E-state index contributed by atoms with van der Waals surface area (Å²) in [7, 11) is 0. The summed E-state index contributed by atoms with van der Waals surface area (Å²) in [6, 6.07) is 30.9. The second kappa shape index (κ2) is 9.82. The second-order valence-electron chi connectivity index (χ2n) is 8.92. The molecule has 0 amide bonds. The van der Waals surface area contributed by atoms with E-state index in [2.05, 4.69) is 42.5 Å². The molecule has 6 heteroatoms. The van der Waals surface area contributed by atoms with Gasteiger partial charge >= 0.3 is 0 Å². The number of benzene rings is 3. The zero-order valence-corrected chi connectivity index (χ0v) is 20.9. The van der Waals surface area contributed by atoms with Crippen molar-refractivity contribution >= 4 is 33.3 Å². The maximum absolute atomic E-state index is 14.0. The van der Waals surface area contributed by atoms with Crippen molar-refractivity contribution < 1.29 is 4.90 Å². The molecule has 5 aromatic rings. The molecule has 1 unspecified atom stereocenters. The summed E-state index contributed by atoms with van der Waals surface area (Å²) in [5.41, 5.74) is 4.72. The first-order valence-corrected chi connectivity index (χ1v) is 13.7. The van der Waals surface area contributed by atoms with E-state index in [1.54, 1.807) is 23.1 Å². The molecule has 1 aliphatic heterocycles. The summed E-state index contributed by atoms with van der Waals surface area (Å²) in [5.74, 6) is 0.770. The zero-order valence-electron chi connectivity index (χ0n) is 19.3. The van der Waals surface area contributed by atoms with Gasteiger partial charge in [0.2, 0.25) is 0 Å². The fraction of sp³-hybridized carbons (Fsp3) is 0.172. The average Bonchev–Trinajstić information content (AvgIpc) is 3.27. The minimum absolute atomic E-state index is 0.0563. The standard InChI is InChI=1S/C29H25N3OS2/c33-28-26-24-16-17-31(18-21-10-4-1-5-11-21)19-25(24)35-27(26)30-29(32(28)23-14-8-3-9-15-23)34-20-22-12-6-2-7-13-22/h1-15H,16-20H2/p+1. The van der Waals surface area contributed by atoms with Gasteiger partial charge < -0.3 is 4.90 Å². The largest absolute Gasteiger partial charge is 0.326 e.